The molecular formula is C19H25N3O3S. The summed E-state index contributed by atoms with van der Waals surface area (Å²) in [5.41, 5.74) is 1.08. The number of rotatable bonds is 5. The summed E-state index contributed by atoms with van der Waals surface area (Å²) < 4.78 is 33.1. The summed E-state index contributed by atoms with van der Waals surface area (Å²) in [5.74, 6) is 2.17. The van der Waals surface area contributed by atoms with E-state index in [2.05, 4.69) is 21.5 Å². The van der Waals surface area contributed by atoms with Crippen molar-refractivity contribution >= 4 is 21.5 Å². The van der Waals surface area contributed by atoms with Crippen molar-refractivity contribution in [2.24, 2.45) is 5.92 Å². The Balaban J connectivity index is 1.76. The number of nitrogens with one attached hydrogen (secondary N) is 1. The fourth-order valence-corrected chi connectivity index (χ4v) is 4.56. The van der Waals surface area contributed by atoms with Crippen molar-refractivity contribution in [1.29, 1.82) is 0 Å². The summed E-state index contributed by atoms with van der Waals surface area (Å²) in [6.45, 7) is 5.97. The molecule has 6 nitrogen and oxygen atoms in total. The first-order valence-corrected chi connectivity index (χ1v) is 10.3. The minimum absolute atomic E-state index is 0.229. The monoisotopic (exact) mass is 375 g/mol. The minimum atomic E-state index is -3.67. The first-order valence-electron chi connectivity index (χ1n) is 8.77. The van der Waals surface area contributed by atoms with E-state index in [4.69, 9.17) is 4.74 Å². The van der Waals surface area contributed by atoms with Gasteiger partial charge in [0.15, 0.2) is 0 Å². The third-order valence-electron chi connectivity index (χ3n) is 4.65. The molecule has 1 fully saturated rings. The largest absolute Gasteiger partial charge is 0.497 e. The number of nitrogens with zero attached hydrogens (tertiary/aromatic N) is 2. The van der Waals surface area contributed by atoms with E-state index in [9.17, 15) is 8.42 Å². The molecule has 0 spiro atoms. The zero-order chi connectivity index (χ0) is 18.7. The molecule has 1 aliphatic heterocycles. The quantitative estimate of drug-likeness (QED) is 0.867. The Hall–Kier alpha value is -2.28. The molecule has 0 aliphatic carbocycles. The van der Waals surface area contributed by atoms with Crippen LogP contribution in [0.25, 0.3) is 0 Å². The van der Waals surface area contributed by atoms with E-state index in [0.717, 1.165) is 25.3 Å². The Bertz CT molecular complexity index is 866. The Kier molecular flexibility index (Phi) is 5.36. The molecule has 2 aromatic rings. The standard InChI is InChI=1S/C19H25N3O3S/c1-14-5-4-10-22(13-14)19-9-6-16(12-20-19)21-26(23,24)18-8-7-17(25-3)11-15(18)2/h6-9,11-12,14,21H,4-5,10,13H2,1-3H3. The van der Waals surface area contributed by atoms with Crippen molar-refractivity contribution in [3.8, 4) is 5.75 Å². The normalized spacial score (nSPS) is 17.8. The van der Waals surface area contributed by atoms with Crippen LogP contribution < -0.4 is 14.4 Å². The highest BCUT2D eigenvalue weighted by Crippen LogP contribution is 2.25. The van der Waals surface area contributed by atoms with Crippen LogP contribution in [0.5, 0.6) is 5.75 Å². The number of aromatic nitrogens is 1. The van der Waals surface area contributed by atoms with Gasteiger partial charge in [0, 0.05) is 13.1 Å². The lowest BCUT2D eigenvalue weighted by atomic mass is 10.0. The average Bonchev–Trinajstić information content (AvgIpc) is 2.61. The summed E-state index contributed by atoms with van der Waals surface area (Å²) in [5, 5.41) is 0. The Labute approximate surface area is 155 Å². The van der Waals surface area contributed by atoms with Crippen molar-refractivity contribution in [3.63, 3.8) is 0 Å². The molecule has 140 valence electrons. The van der Waals surface area contributed by atoms with Crippen LogP contribution in [-0.2, 0) is 10.0 Å². The van der Waals surface area contributed by atoms with Gasteiger partial charge in [0.05, 0.1) is 23.9 Å². The number of methoxy groups -OCH3 is 1. The van der Waals surface area contributed by atoms with Crippen LogP contribution in [0.15, 0.2) is 41.4 Å². The molecule has 7 heteroatoms. The lowest BCUT2D eigenvalue weighted by molar-refractivity contribution is 0.414. The molecule has 0 saturated carbocycles. The van der Waals surface area contributed by atoms with Gasteiger partial charge in [0.1, 0.15) is 11.6 Å². The number of hydrogen-bond acceptors (Lipinski definition) is 5. The third-order valence-corrected chi connectivity index (χ3v) is 6.19. The second-order valence-corrected chi connectivity index (χ2v) is 8.49. The van der Waals surface area contributed by atoms with Crippen LogP contribution in [0, 0.1) is 12.8 Å². The average molecular weight is 375 g/mol. The van der Waals surface area contributed by atoms with E-state index in [1.807, 2.05) is 6.07 Å². The maximum Gasteiger partial charge on any atom is 0.262 e. The molecule has 0 radical (unpaired) electrons. The fourth-order valence-electron chi connectivity index (χ4n) is 3.29. The molecule has 3 rings (SSSR count). The van der Waals surface area contributed by atoms with Crippen LogP contribution in [0.3, 0.4) is 0 Å². The van der Waals surface area contributed by atoms with Gasteiger partial charge in [-0.15, -0.1) is 0 Å². The number of piperidine rings is 1. The van der Waals surface area contributed by atoms with Gasteiger partial charge in [-0.2, -0.15) is 0 Å². The molecule has 0 amide bonds. The summed E-state index contributed by atoms with van der Waals surface area (Å²) in [4.78, 5) is 6.92. The maximum absolute atomic E-state index is 12.7. The van der Waals surface area contributed by atoms with Gasteiger partial charge in [0.25, 0.3) is 10.0 Å². The summed E-state index contributed by atoms with van der Waals surface area (Å²) >= 11 is 0. The molecule has 26 heavy (non-hydrogen) atoms. The first kappa shape index (κ1) is 18.5. The number of ether oxygens (including phenoxy) is 1. The number of sulfonamides is 1. The van der Waals surface area contributed by atoms with E-state index < -0.39 is 10.0 Å². The van der Waals surface area contributed by atoms with Gasteiger partial charge in [-0.05, 0) is 61.6 Å². The summed E-state index contributed by atoms with van der Waals surface area (Å²) in [7, 11) is -2.12. The van der Waals surface area contributed by atoms with Crippen LogP contribution in [-0.4, -0.2) is 33.6 Å². The lowest BCUT2D eigenvalue weighted by Crippen LogP contribution is -2.34. The SMILES string of the molecule is COc1ccc(S(=O)(=O)Nc2ccc(N3CCCC(C)C3)nc2)c(C)c1. The van der Waals surface area contributed by atoms with Gasteiger partial charge >= 0.3 is 0 Å². The van der Waals surface area contributed by atoms with Gasteiger partial charge in [-0.1, -0.05) is 6.92 Å². The van der Waals surface area contributed by atoms with E-state index in [1.54, 1.807) is 44.5 Å². The lowest BCUT2D eigenvalue weighted by Gasteiger charge is -2.31. The van der Waals surface area contributed by atoms with Crippen molar-refractivity contribution in [3.05, 3.63) is 42.1 Å². The van der Waals surface area contributed by atoms with Crippen molar-refractivity contribution < 1.29 is 13.2 Å². The van der Waals surface area contributed by atoms with E-state index in [1.165, 1.54) is 6.42 Å². The predicted octanol–water partition coefficient (Wildman–Crippen LogP) is 3.44. The smallest absolute Gasteiger partial charge is 0.262 e. The van der Waals surface area contributed by atoms with Crippen molar-refractivity contribution in [2.45, 2.75) is 31.6 Å². The predicted molar refractivity (Wildman–Crippen MR) is 103 cm³/mol. The molecule has 0 bridgehead atoms. The van der Waals surface area contributed by atoms with Crippen molar-refractivity contribution in [2.75, 3.05) is 29.8 Å². The topological polar surface area (TPSA) is 71.5 Å². The highest BCUT2D eigenvalue weighted by molar-refractivity contribution is 7.92. The second kappa shape index (κ2) is 7.53. The molecule has 1 aromatic heterocycles. The summed E-state index contributed by atoms with van der Waals surface area (Å²) in [6.07, 6.45) is 3.98. The maximum atomic E-state index is 12.7. The van der Waals surface area contributed by atoms with Crippen LogP contribution in [0.4, 0.5) is 11.5 Å². The Morgan fingerprint density at radius 2 is 2.08 bits per heavy atom. The molecule has 1 atom stereocenters. The molecular weight excluding hydrogens is 350 g/mol. The zero-order valence-corrected chi connectivity index (χ0v) is 16.2. The number of aryl methyl sites for hydroxylation is 1. The summed E-state index contributed by atoms with van der Waals surface area (Å²) in [6, 6.07) is 8.52. The minimum Gasteiger partial charge on any atom is -0.497 e. The second-order valence-electron chi connectivity index (χ2n) is 6.84. The number of anilines is 2. The highest BCUT2D eigenvalue weighted by Gasteiger charge is 2.19. The van der Waals surface area contributed by atoms with Crippen LogP contribution >= 0.6 is 0 Å². The number of hydrogen-bond donors (Lipinski definition) is 1. The van der Waals surface area contributed by atoms with Crippen molar-refractivity contribution in [1.82, 2.24) is 4.98 Å². The fraction of sp³-hybridized carbons (Fsp3) is 0.421. The Morgan fingerprint density at radius 3 is 2.69 bits per heavy atom. The van der Waals surface area contributed by atoms with Crippen LogP contribution in [0.1, 0.15) is 25.3 Å². The van der Waals surface area contributed by atoms with Gasteiger partial charge in [-0.3, -0.25) is 4.72 Å². The van der Waals surface area contributed by atoms with Gasteiger partial charge in [-0.25, -0.2) is 13.4 Å². The molecule has 1 aromatic carbocycles. The van der Waals surface area contributed by atoms with E-state index in [-0.39, 0.29) is 4.90 Å². The Morgan fingerprint density at radius 1 is 1.27 bits per heavy atom. The molecule has 1 N–H and O–H groups in total. The molecule has 1 unspecified atom stereocenters. The van der Waals surface area contributed by atoms with Gasteiger partial charge in [0.2, 0.25) is 0 Å². The third kappa shape index (κ3) is 4.09. The zero-order valence-electron chi connectivity index (χ0n) is 15.4. The highest BCUT2D eigenvalue weighted by atomic mass is 32.2. The molecule has 1 aliphatic rings. The number of pyridine rings is 1. The van der Waals surface area contributed by atoms with E-state index in [0.29, 0.717) is 22.9 Å². The number of benzene rings is 1. The molecule has 2 heterocycles. The van der Waals surface area contributed by atoms with Crippen LogP contribution in [0.2, 0.25) is 0 Å². The van der Waals surface area contributed by atoms with E-state index >= 15 is 0 Å². The van der Waals surface area contributed by atoms with Gasteiger partial charge < -0.3 is 9.64 Å². The molecule has 1 saturated heterocycles. The first-order chi connectivity index (χ1) is 12.4.